The molecule has 0 bridgehead atoms. The number of nitrogens with one attached hydrogen (secondary N) is 2. The van der Waals surface area contributed by atoms with Gasteiger partial charge in [0.15, 0.2) is 9.84 Å². The van der Waals surface area contributed by atoms with Gasteiger partial charge in [0.1, 0.15) is 5.52 Å². The molecule has 9 heteroatoms. The zero-order chi connectivity index (χ0) is 20.6. The van der Waals surface area contributed by atoms with Gasteiger partial charge >= 0.3 is 5.97 Å². The van der Waals surface area contributed by atoms with Crippen LogP contribution in [-0.4, -0.2) is 34.4 Å². The number of hydrogen-bond acceptors (Lipinski definition) is 5. The molecule has 4 aromatic rings. The van der Waals surface area contributed by atoms with E-state index in [1.165, 1.54) is 24.5 Å². The quantitative estimate of drug-likeness (QED) is 0.446. The van der Waals surface area contributed by atoms with E-state index in [4.69, 9.17) is 5.11 Å². The number of rotatable bonds is 6. The number of carboxylic acid groups (broad SMARTS) is 1. The second-order valence-corrected chi connectivity index (χ2v) is 8.72. The van der Waals surface area contributed by atoms with Crippen LogP contribution in [0.25, 0.3) is 21.8 Å². The Morgan fingerprint density at radius 2 is 1.90 bits per heavy atom. The van der Waals surface area contributed by atoms with Gasteiger partial charge in [0, 0.05) is 41.3 Å². The molecule has 0 unspecified atom stereocenters. The van der Waals surface area contributed by atoms with E-state index in [9.17, 15) is 18.0 Å². The molecule has 0 atom stereocenters. The lowest BCUT2D eigenvalue weighted by molar-refractivity contribution is -0.136. The van der Waals surface area contributed by atoms with Crippen molar-refractivity contribution in [2.24, 2.45) is 0 Å². The smallest absolute Gasteiger partial charge is 0.303 e. The number of carboxylic acids is 1. The molecule has 0 saturated heterocycles. The fraction of sp³-hybridized carbons (Fsp3) is 0.150. The first-order chi connectivity index (χ1) is 13.8. The molecule has 0 aliphatic carbocycles. The number of pyridine rings is 2. The molecule has 3 N–H and O–H groups in total. The summed E-state index contributed by atoms with van der Waals surface area (Å²) in [4.78, 5) is 32.9. The van der Waals surface area contributed by atoms with E-state index >= 15 is 0 Å². The first-order valence-corrected chi connectivity index (χ1v) is 10.5. The van der Waals surface area contributed by atoms with Gasteiger partial charge in [0.25, 0.3) is 5.56 Å². The minimum Gasteiger partial charge on any atom is -0.481 e. The zero-order valence-corrected chi connectivity index (χ0v) is 16.0. The predicted molar refractivity (Wildman–Crippen MR) is 108 cm³/mol. The van der Waals surface area contributed by atoms with E-state index in [2.05, 4.69) is 15.0 Å². The standard InChI is InChI=1S/C20H17N3O5S/c24-17(25)4-1-13-10-22-19-18(13)15-9-14(2-3-16(15)23-20(19)26)29(27,28)11-12-5-7-21-8-6-12/h2-3,5-10,22H,1,4,11H2,(H,23,26)(H,24,25). The summed E-state index contributed by atoms with van der Waals surface area (Å²) in [5.74, 6) is -1.12. The summed E-state index contributed by atoms with van der Waals surface area (Å²) in [5, 5.41) is 10.1. The number of aromatic amines is 2. The average Bonchev–Trinajstić information content (AvgIpc) is 3.11. The number of H-pyrrole nitrogens is 2. The van der Waals surface area contributed by atoms with Gasteiger partial charge in [-0.3, -0.25) is 14.6 Å². The van der Waals surface area contributed by atoms with Crippen LogP contribution in [0, 0.1) is 0 Å². The molecule has 1 aromatic carbocycles. The van der Waals surface area contributed by atoms with Crippen molar-refractivity contribution in [2.75, 3.05) is 0 Å². The maximum absolute atomic E-state index is 12.9. The third kappa shape index (κ3) is 3.64. The summed E-state index contributed by atoms with van der Waals surface area (Å²) >= 11 is 0. The molecular formula is C20H17N3O5S. The summed E-state index contributed by atoms with van der Waals surface area (Å²) in [5.41, 5.74) is 1.71. The topological polar surface area (TPSA) is 133 Å². The van der Waals surface area contributed by atoms with Crippen molar-refractivity contribution in [2.45, 2.75) is 23.5 Å². The van der Waals surface area contributed by atoms with E-state index in [-0.39, 0.29) is 29.0 Å². The van der Waals surface area contributed by atoms with Crippen LogP contribution in [0.5, 0.6) is 0 Å². The summed E-state index contributed by atoms with van der Waals surface area (Å²) < 4.78 is 25.8. The number of sulfone groups is 1. The molecule has 8 nitrogen and oxygen atoms in total. The SMILES string of the molecule is O=C(O)CCc1c[nH]c2c(=O)[nH]c3ccc(S(=O)(=O)Cc4ccncc4)cc3c12. The molecule has 148 valence electrons. The van der Waals surface area contributed by atoms with E-state index in [1.807, 2.05) is 0 Å². The fourth-order valence-electron chi connectivity index (χ4n) is 3.39. The lowest BCUT2D eigenvalue weighted by Crippen LogP contribution is -2.08. The molecule has 3 aromatic heterocycles. The molecule has 0 spiro atoms. The molecular weight excluding hydrogens is 394 g/mol. The van der Waals surface area contributed by atoms with Crippen molar-refractivity contribution in [1.29, 1.82) is 0 Å². The zero-order valence-electron chi connectivity index (χ0n) is 15.2. The van der Waals surface area contributed by atoms with Crippen LogP contribution >= 0.6 is 0 Å². The Bertz CT molecular complexity index is 1390. The summed E-state index contributed by atoms with van der Waals surface area (Å²) in [6.45, 7) is 0. The third-order valence-corrected chi connectivity index (χ3v) is 6.46. The van der Waals surface area contributed by atoms with Crippen LogP contribution in [0.1, 0.15) is 17.5 Å². The molecule has 4 rings (SSSR count). The van der Waals surface area contributed by atoms with Crippen molar-refractivity contribution in [3.63, 3.8) is 0 Å². The number of hydrogen-bond donors (Lipinski definition) is 3. The number of benzene rings is 1. The highest BCUT2D eigenvalue weighted by Gasteiger charge is 2.19. The Kier molecular flexibility index (Phi) is 4.67. The summed E-state index contributed by atoms with van der Waals surface area (Å²) in [7, 11) is -3.63. The van der Waals surface area contributed by atoms with Crippen LogP contribution < -0.4 is 5.56 Å². The Morgan fingerprint density at radius 1 is 1.14 bits per heavy atom. The van der Waals surface area contributed by atoms with Gasteiger partial charge < -0.3 is 15.1 Å². The van der Waals surface area contributed by atoms with Gasteiger partial charge in [-0.2, -0.15) is 0 Å². The maximum atomic E-state index is 12.9. The molecule has 0 aliphatic rings. The Labute approximate surface area is 165 Å². The monoisotopic (exact) mass is 411 g/mol. The molecule has 0 aliphatic heterocycles. The highest BCUT2D eigenvalue weighted by molar-refractivity contribution is 7.90. The van der Waals surface area contributed by atoms with Crippen molar-refractivity contribution in [3.8, 4) is 0 Å². The first-order valence-electron chi connectivity index (χ1n) is 8.84. The van der Waals surface area contributed by atoms with Crippen LogP contribution in [-0.2, 0) is 26.8 Å². The lowest BCUT2D eigenvalue weighted by Gasteiger charge is -2.08. The van der Waals surface area contributed by atoms with Gasteiger partial charge in [-0.05, 0) is 47.9 Å². The van der Waals surface area contributed by atoms with Gasteiger partial charge in [-0.1, -0.05) is 0 Å². The van der Waals surface area contributed by atoms with E-state index in [1.54, 1.807) is 24.4 Å². The number of carbonyl (C=O) groups is 1. The Hall–Kier alpha value is -3.46. The highest BCUT2D eigenvalue weighted by atomic mass is 32.2. The van der Waals surface area contributed by atoms with E-state index in [0.29, 0.717) is 32.9 Å². The normalized spacial score (nSPS) is 11.9. The maximum Gasteiger partial charge on any atom is 0.303 e. The minimum atomic E-state index is -3.63. The summed E-state index contributed by atoms with van der Waals surface area (Å²) in [6.07, 6.45) is 4.80. The van der Waals surface area contributed by atoms with Gasteiger partial charge in [-0.15, -0.1) is 0 Å². The van der Waals surface area contributed by atoms with Gasteiger partial charge in [0.05, 0.1) is 10.6 Å². The molecule has 0 saturated carbocycles. The highest BCUT2D eigenvalue weighted by Crippen LogP contribution is 2.28. The molecule has 0 amide bonds. The molecule has 3 heterocycles. The molecule has 29 heavy (non-hydrogen) atoms. The fourth-order valence-corrected chi connectivity index (χ4v) is 4.76. The Morgan fingerprint density at radius 3 is 2.62 bits per heavy atom. The minimum absolute atomic E-state index is 0.0960. The second-order valence-electron chi connectivity index (χ2n) is 6.73. The van der Waals surface area contributed by atoms with Crippen molar-refractivity contribution >= 4 is 37.6 Å². The molecule has 0 radical (unpaired) electrons. The van der Waals surface area contributed by atoms with E-state index < -0.39 is 15.8 Å². The number of aryl methyl sites for hydroxylation is 1. The Balaban J connectivity index is 1.87. The largest absolute Gasteiger partial charge is 0.481 e. The van der Waals surface area contributed by atoms with Crippen LogP contribution in [0.3, 0.4) is 0 Å². The number of fused-ring (bicyclic) bond motifs is 3. The second kappa shape index (κ2) is 7.17. The number of aromatic nitrogens is 3. The van der Waals surface area contributed by atoms with Gasteiger partial charge in [-0.25, -0.2) is 8.42 Å². The summed E-state index contributed by atoms with van der Waals surface area (Å²) in [6, 6.07) is 7.84. The van der Waals surface area contributed by atoms with E-state index in [0.717, 1.165) is 0 Å². The number of aliphatic carboxylic acids is 1. The third-order valence-electron chi connectivity index (χ3n) is 4.77. The number of nitrogens with zero attached hydrogens (tertiary/aromatic N) is 1. The van der Waals surface area contributed by atoms with Crippen molar-refractivity contribution < 1.29 is 18.3 Å². The predicted octanol–water partition coefficient (Wildman–Crippen LogP) is 2.40. The lowest BCUT2D eigenvalue weighted by atomic mass is 10.0. The van der Waals surface area contributed by atoms with Gasteiger partial charge in [0.2, 0.25) is 0 Å². The van der Waals surface area contributed by atoms with Crippen LogP contribution in [0.2, 0.25) is 0 Å². The van der Waals surface area contributed by atoms with Crippen LogP contribution in [0.15, 0.2) is 58.6 Å². The first kappa shape index (κ1) is 18.9. The van der Waals surface area contributed by atoms with Crippen LogP contribution in [0.4, 0.5) is 0 Å². The molecule has 0 fully saturated rings. The van der Waals surface area contributed by atoms with Crippen molar-refractivity contribution in [1.82, 2.24) is 15.0 Å². The average molecular weight is 411 g/mol. The van der Waals surface area contributed by atoms with Crippen molar-refractivity contribution in [3.05, 3.63) is 70.4 Å².